The van der Waals surface area contributed by atoms with Crippen molar-refractivity contribution < 1.29 is 27.4 Å². The van der Waals surface area contributed by atoms with E-state index in [4.69, 9.17) is 17.0 Å². The van der Waals surface area contributed by atoms with Crippen molar-refractivity contribution in [3.05, 3.63) is 60.4 Å². The Labute approximate surface area is 197 Å². The van der Waals surface area contributed by atoms with Gasteiger partial charge in [-0.2, -0.15) is 5.10 Å². The number of carbonyl (C=O) groups excluding carboxylic acids is 1. The number of ether oxygens (including phenoxy) is 2. The molecule has 1 aromatic heterocycles. The van der Waals surface area contributed by atoms with Crippen molar-refractivity contribution in [1.29, 1.82) is 0 Å². The lowest BCUT2D eigenvalue weighted by atomic mass is 10.1. The number of alkyl halides is 3. The Kier molecular flexibility index (Phi) is 8.14. The van der Waals surface area contributed by atoms with Gasteiger partial charge in [-0.1, -0.05) is 24.3 Å². The van der Waals surface area contributed by atoms with Crippen molar-refractivity contribution in [2.75, 3.05) is 13.2 Å². The number of nitrogens with one attached hydrogen (secondary N) is 2. The molecule has 0 bridgehead atoms. The summed E-state index contributed by atoms with van der Waals surface area (Å²) in [7, 11) is 0. The second kappa shape index (κ2) is 11.2. The van der Waals surface area contributed by atoms with Crippen LogP contribution in [0.1, 0.15) is 12.5 Å². The van der Waals surface area contributed by atoms with E-state index in [1.54, 1.807) is 37.4 Å². The highest BCUT2D eigenvalue weighted by Gasteiger charge is 2.31. The van der Waals surface area contributed by atoms with Crippen LogP contribution < -0.4 is 15.5 Å². The number of rotatable bonds is 8. The topological polar surface area (TPSA) is 103 Å². The van der Waals surface area contributed by atoms with Gasteiger partial charge in [-0.3, -0.25) is 10.2 Å². The van der Waals surface area contributed by atoms with Crippen LogP contribution >= 0.6 is 12.2 Å². The Morgan fingerprint density at radius 1 is 1.18 bits per heavy atom. The fraction of sp³-hybridized carbons (Fsp3) is 0.190. The first-order valence-corrected chi connectivity index (χ1v) is 10.2. The summed E-state index contributed by atoms with van der Waals surface area (Å²) in [4.78, 5) is 15.5. The van der Waals surface area contributed by atoms with Crippen LogP contribution in [0.2, 0.25) is 0 Å². The Balaban J connectivity index is 1.56. The standard InChI is InChI=1S/C21H19F3N6O3S/c1-2-32-18(31)12-25-20(34)28-27-11-14-3-5-15(6-4-14)19-26-13-30(29-19)16-7-9-17(10-8-16)33-21(22,23)24/h3-11,13H,2,12H2,1H3,(H2,25,28,34)/b27-11+. The molecule has 0 saturated heterocycles. The highest BCUT2D eigenvalue weighted by atomic mass is 32.1. The Morgan fingerprint density at radius 2 is 1.88 bits per heavy atom. The number of carbonyl (C=O) groups is 1. The highest BCUT2D eigenvalue weighted by molar-refractivity contribution is 7.80. The number of aromatic nitrogens is 3. The van der Waals surface area contributed by atoms with Crippen LogP contribution in [0.3, 0.4) is 0 Å². The van der Waals surface area contributed by atoms with Crippen LogP contribution in [-0.4, -0.2) is 51.6 Å². The molecule has 13 heteroatoms. The summed E-state index contributed by atoms with van der Waals surface area (Å²) in [6.45, 7) is 1.94. The largest absolute Gasteiger partial charge is 0.573 e. The molecule has 0 aliphatic carbocycles. The van der Waals surface area contributed by atoms with E-state index < -0.39 is 12.3 Å². The van der Waals surface area contributed by atoms with Crippen LogP contribution in [0.4, 0.5) is 13.2 Å². The van der Waals surface area contributed by atoms with Crippen LogP contribution in [0.25, 0.3) is 17.1 Å². The van der Waals surface area contributed by atoms with Gasteiger partial charge in [-0.05, 0) is 49.0 Å². The molecule has 3 rings (SSSR count). The molecule has 0 atom stereocenters. The average Bonchev–Trinajstić information content (AvgIpc) is 3.28. The second-order valence-corrected chi connectivity index (χ2v) is 6.94. The molecule has 0 saturated carbocycles. The molecule has 0 amide bonds. The Hall–Kier alpha value is -4.00. The van der Waals surface area contributed by atoms with E-state index in [-0.39, 0.29) is 17.4 Å². The van der Waals surface area contributed by atoms with E-state index >= 15 is 0 Å². The number of hydrazone groups is 1. The third kappa shape index (κ3) is 7.55. The summed E-state index contributed by atoms with van der Waals surface area (Å²) in [5, 5.41) is 11.2. The van der Waals surface area contributed by atoms with Gasteiger partial charge in [0.05, 0.1) is 18.5 Å². The zero-order valence-electron chi connectivity index (χ0n) is 17.7. The zero-order valence-corrected chi connectivity index (χ0v) is 18.6. The quantitative estimate of drug-likeness (QED) is 0.214. The molecular formula is C21H19F3N6O3S. The minimum Gasteiger partial charge on any atom is -0.465 e. The van der Waals surface area contributed by atoms with E-state index in [1.165, 1.54) is 35.3 Å². The molecule has 0 spiro atoms. The molecule has 0 fully saturated rings. The first-order chi connectivity index (χ1) is 16.2. The van der Waals surface area contributed by atoms with Gasteiger partial charge in [-0.15, -0.1) is 18.3 Å². The zero-order chi connectivity index (χ0) is 24.6. The predicted octanol–water partition coefficient (Wildman–Crippen LogP) is 3.19. The number of thiocarbonyl (C=S) groups is 1. The van der Waals surface area contributed by atoms with Crippen molar-refractivity contribution in [1.82, 2.24) is 25.5 Å². The van der Waals surface area contributed by atoms with Gasteiger partial charge in [0.15, 0.2) is 10.9 Å². The van der Waals surface area contributed by atoms with E-state index in [1.807, 2.05) is 0 Å². The number of benzene rings is 2. The van der Waals surface area contributed by atoms with Gasteiger partial charge >= 0.3 is 12.3 Å². The summed E-state index contributed by atoms with van der Waals surface area (Å²) >= 11 is 5.01. The predicted molar refractivity (Wildman–Crippen MR) is 121 cm³/mol. The lowest BCUT2D eigenvalue weighted by molar-refractivity contribution is -0.274. The average molecular weight is 492 g/mol. The van der Waals surface area contributed by atoms with Gasteiger partial charge in [-0.25, -0.2) is 9.67 Å². The molecule has 9 nitrogen and oxygen atoms in total. The maximum atomic E-state index is 12.3. The Bertz CT molecular complexity index is 1150. The van der Waals surface area contributed by atoms with Crippen molar-refractivity contribution in [3.63, 3.8) is 0 Å². The minimum absolute atomic E-state index is 0.0605. The molecule has 1 heterocycles. The monoisotopic (exact) mass is 492 g/mol. The van der Waals surface area contributed by atoms with Gasteiger partial charge < -0.3 is 14.8 Å². The maximum Gasteiger partial charge on any atom is 0.573 e. The molecule has 3 aromatic rings. The number of hydrogen-bond acceptors (Lipinski definition) is 7. The van der Waals surface area contributed by atoms with Crippen LogP contribution in [-0.2, 0) is 9.53 Å². The van der Waals surface area contributed by atoms with Crippen LogP contribution in [0, 0.1) is 0 Å². The Morgan fingerprint density at radius 3 is 2.53 bits per heavy atom. The van der Waals surface area contributed by atoms with Gasteiger partial charge in [0.1, 0.15) is 18.6 Å². The number of hydrogen-bond donors (Lipinski definition) is 2. The van der Waals surface area contributed by atoms with Gasteiger partial charge in [0.25, 0.3) is 0 Å². The summed E-state index contributed by atoms with van der Waals surface area (Å²) in [6, 6.07) is 12.4. The molecule has 34 heavy (non-hydrogen) atoms. The second-order valence-electron chi connectivity index (χ2n) is 6.53. The van der Waals surface area contributed by atoms with E-state index in [0.717, 1.165) is 11.1 Å². The summed E-state index contributed by atoms with van der Waals surface area (Å²) in [5.74, 6) is -0.310. The molecule has 2 N–H and O–H groups in total. The van der Waals surface area contributed by atoms with Crippen LogP contribution in [0.5, 0.6) is 5.75 Å². The fourth-order valence-corrected chi connectivity index (χ4v) is 2.73. The summed E-state index contributed by atoms with van der Waals surface area (Å²) in [6.07, 6.45) is -1.75. The lowest BCUT2D eigenvalue weighted by Gasteiger charge is -2.09. The van der Waals surface area contributed by atoms with Crippen LogP contribution in [0.15, 0.2) is 60.0 Å². The third-order valence-electron chi connectivity index (χ3n) is 4.07. The number of esters is 1. The number of halogens is 3. The van der Waals surface area contributed by atoms with Crippen molar-refractivity contribution in [2.24, 2.45) is 5.10 Å². The molecule has 0 unspecified atom stereocenters. The van der Waals surface area contributed by atoms with E-state index in [9.17, 15) is 18.0 Å². The van der Waals surface area contributed by atoms with Gasteiger partial charge in [0, 0.05) is 5.56 Å². The van der Waals surface area contributed by atoms with Crippen molar-refractivity contribution in [2.45, 2.75) is 13.3 Å². The smallest absolute Gasteiger partial charge is 0.465 e. The molecule has 0 radical (unpaired) electrons. The maximum absolute atomic E-state index is 12.3. The molecule has 0 aliphatic rings. The highest BCUT2D eigenvalue weighted by Crippen LogP contribution is 2.24. The fourth-order valence-electron chi connectivity index (χ4n) is 2.61. The normalized spacial score (nSPS) is 11.3. The first-order valence-electron chi connectivity index (χ1n) is 9.84. The summed E-state index contributed by atoms with van der Waals surface area (Å²) < 4.78 is 46.9. The molecule has 2 aromatic carbocycles. The summed E-state index contributed by atoms with van der Waals surface area (Å²) in [5.41, 5.74) is 4.62. The lowest BCUT2D eigenvalue weighted by Crippen LogP contribution is -2.36. The minimum atomic E-state index is -4.75. The first kappa shape index (κ1) is 24.6. The van der Waals surface area contributed by atoms with E-state index in [2.05, 4.69) is 30.7 Å². The SMILES string of the molecule is CCOC(=O)CNC(=S)N/N=C/c1ccc(-c2ncn(-c3ccc(OC(F)(F)F)cc3)n2)cc1. The molecule has 0 aliphatic heterocycles. The molecule has 178 valence electrons. The van der Waals surface area contributed by atoms with Crippen molar-refractivity contribution in [3.8, 4) is 22.8 Å². The van der Waals surface area contributed by atoms with Crippen molar-refractivity contribution >= 4 is 29.5 Å². The van der Waals surface area contributed by atoms with E-state index in [0.29, 0.717) is 18.1 Å². The molecular weight excluding hydrogens is 473 g/mol. The van der Waals surface area contributed by atoms with Gasteiger partial charge in [0.2, 0.25) is 0 Å². The third-order valence-corrected chi connectivity index (χ3v) is 4.31. The number of nitrogens with zero attached hydrogens (tertiary/aromatic N) is 4.